The zero-order valence-electron chi connectivity index (χ0n) is 12.5. The second-order valence-electron chi connectivity index (χ2n) is 5.23. The molecule has 0 aromatic carbocycles. The minimum absolute atomic E-state index is 0.650. The Kier molecular flexibility index (Phi) is 14.0. The molecule has 1 unspecified atom stereocenters. The molecule has 1 nitrogen and oxygen atoms in total. The van der Waals surface area contributed by atoms with Gasteiger partial charge in [-0.05, 0) is 19.3 Å². The summed E-state index contributed by atoms with van der Waals surface area (Å²) in [6, 6.07) is 0.650. The lowest BCUT2D eigenvalue weighted by atomic mass is 10.0. The number of hydrogen-bond donors (Lipinski definition) is 0. The highest BCUT2D eigenvalue weighted by Crippen LogP contribution is 2.11. The summed E-state index contributed by atoms with van der Waals surface area (Å²) in [5, 5.41) is 4.78. The van der Waals surface area contributed by atoms with Crippen molar-refractivity contribution in [2.45, 2.75) is 97.4 Å². The van der Waals surface area contributed by atoms with Gasteiger partial charge in [-0.25, -0.2) is 5.32 Å². The van der Waals surface area contributed by atoms with Gasteiger partial charge in [0.25, 0.3) is 0 Å². The van der Waals surface area contributed by atoms with Crippen molar-refractivity contribution in [1.29, 1.82) is 0 Å². The highest BCUT2D eigenvalue weighted by atomic mass is 14.9. The van der Waals surface area contributed by atoms with Gasteiger partial charge in [0.2, 0.25) is 0 Å². The van der Waals surface area contributed by atoms with E-state index in [9.17, 15) is 0 Å². The first-order chi connectivity index (χ1) is 8.35. The average Bonchev–Trinajstić information content (AvgIpc) is 2.35. The van der Waals surface area contributed by atoms with Crippen LogP contribution in [0.4, 0.5) is 0 Å². The van der Waals surface area contributed by atoms with Crippen molar-refractivity contribution in [3.63, 3.8) is 0 Å². The number of hydrogen-bond acceptors (Lipinski definition) is 0. The van der Waals surface area contributed by atoms with Gasteiger partial charge in [0.05, 0.1) is 0 Å². The number of nitrogens with zero attached hydrogens (tertiary/aromatic N) is 1. The molecule has 0 saturated heterocycles. The molecule has 0 rings (SSSR count). The summed E-state index contributed by atoms with van der Waals surface area (Å²) in [5.41, 5.74) is 0. The largest absolute Gasteiger partial charge is 0.238 e. The number of rotatable bonds is 13. The lowest BCUT2D eigenvalue weighted by Gasteiger charge is -2.14. The lowest BCUT2D eigenvalue weighted by Crippen LogP contribution is -2.22. The summed E-state index contributed by atoms with van der Waals surface area (Å²) in [7, 11) is 0. The Morgan fingerprint density at radius 3 is 1.88 bits per heavy atom. The summed E-state index contributed by atoms with van der Waals surface area (Å²) in [6.45, 7) is 7.89. The van der Waals surface area contributed by atoms with Crippen molar-refractivity contribution < 1.29 is 0 Å². The zero-order valence-corrected chi connectivity index (χ0v) is 12.5. The topological polar surface area (TPSA) is 14.1 Å². The quantitative estimate of drug-likeness (QED) is 0.387. The molecule has 103 valence electrons. The average molecular weight is 240 g/mol. The van der Waals surface area contributed by atoms with E-state index in [4.69, 9.17) is 5.32 Å². The summed E-state index contributed by atoms with van der Waals surface area (Å²) >= 11 is 0. The fourth-order valence-electron chi connectivity index (χ4n) is 2.19. The smallest absolute Gasteiger partial charge is 0.0243 e. The third-order valence-electron chi connectivity index (χ3n) is 3.51. The predicted octanol–water partition coefficient (Wildman–Crippen LogP) is 5.31. The van der Waals surface area contributed by atoms with E-state index in [0.29, 0.717) is 6.04 Å². The second kappa shape index (κ2) is 14.0. The highest BCUT2D eigenvalue weighted by Gasteiger charge is 2.05. The van der Waals surface area contributed by atoms with Crippen molar-refractivity contribution in [2.75, 3.05) is 6.54 Å². The Balaban J connectivity index is 3.25. The normalized spacial score (nSPS) is 12.9. The third-order valence-corrected chi connectivity index (χ3v) is 3.51. The number of unbranched alkanes of at least 4 members (excludes halogenated alkanes) is 7. The van der Waals surface area contributed by atoms with Crippen LogP contribution in [0.1, 0.15) is 91.4 Å². The minimum Gasteiger partial charge on any atom is -0.238 e. The molecule has 1 atom stereocenters. The van der Waals surface area contributed by atoms with Gasteiger partial charge in [-0.1, -0.05) is 72.1 Å². The van der Waals surface area contributed by atoms with Gasteiger partial charge >= 0.3 is 0 Å². The summed E-state index contributed by atoms with van der Waals surface area (Å²) in [5.74, 6) is 0. The van der Waals surface area contributed by atoms with Crippen LogP contribution in [0.15, 0.2) is 0 Å². The van der Waals surface area contributed by atoms with Crippen molar-refractivity contribution in [2.24, 2.45) is 0 Å². The summed E-state index contributed by atoms with van der Waals surface area (Å²) < 4.78 is 0. The van der Waals surface area contributed by atoms with Crippen LogP contribution in [-0.2, 0) is 0 Å². The molecule has 0 aliphatic heterocycles. The third kappa shape index (κ3) is 12.2. The molecule has 0 aliphatic carbocycles. The van der Waals surface area contributed by atoms with Gasteiger partial charge in [0.1, 0.15) is 0 Å². The van der Waals surface area contributed by atoms with Crippen LogP contribution in [0.5, 0.6) is 0 Å². The molecule has 0 fully saturated rings. The monoisotopic (exact) mass is 240 g/mol. The Labute approximate surface area is 110 Å². The van der Waals surface area contributed by atoms with Gasteiger partial charge in [0, 0.05) is 12.6 Å². The van der Waals surface area contributed by atoms with Crippen LogP contribution in [0.2, 0.25) is 0 Å². The molecule has 0 aliphatic rings. The van der Waals surface area contributed by atoms with E-state index >= 15 is 0 Å². The van der Waals surface area contributed by atoms with Crippen molar-refractivity contribution in [3.05, 3.63) is 0 Å². The van der Waals surface area contributed by atoms with Crippen molar-refractivity contribution in [3.8, 4) is 0 Å². The lowest BCUT2D eigenvalue weighted by molar-refractivity contribution is 0.430. The van der Waals surface area contributed by atoms with E-state index in [1.807, 2.05) is 0 Å². The molecule has 0 N–H and O–H groups in total. The maximum atomic E-state index is 4.78. The van der Waals surface area contributed by atoms with E-state index in [0.717, 1.165) is 6.54 Å². The summed E-state index contributed by atoms with van der Waals surface area (Å²) in [6.07, 6.45) is 15.0. The minimum atomic E-state index is 0.650. The second-order valence-corrected chi connectivity index (χ2v) is 5.23. The van der Waals surface area contributed by atoms with Crippen LogP contribution in [-0.4, -0.2) is 12.6 Å². The van der Waals surface area contributed by atoms with Crippen molar-refractivity contribution in [1.82, 2.24) is 5.32 Å². The maximum Gasteiger partial charge on any atom is 0.0243 e. The Bertz CT molecular complexity index is 133. The Morgan fingerprint density at radius 2 is 1.29 bits per heavy atom. The van der Waals surface area contributed by atoms with E-state index < -0.39 is 0 Å². The van der Waals surface area contributed by atoms with E-state index in [1.165, 1.54) is 70.6 Å². The molecule has 0 heterocycles. The Morgan fingerprint density at radius 1 is 0.706 bits per heavy atom. The Hall–Kier alpha value is -0.0400. The van der Waals surface area contributed by atoms with E-state index in [2.05, 4.69) is 20.8 Å². The summed E-state index contributed by atoms with van der Waals surface area (Å²) in [4.78, 5) is 0. The van der Waals surface area contributed by atoms with E-state index in [-0.39, 0.29) is 0 Å². The standard InChI is InChI=1S/C16H34N/c1-4-7-9-10-11-12-13-14-16(6-3)17-15-8-5-2/h16H,4-15H2,1-3H3. The highest BCUT2D eigenvalue weighted by molar-refractivity contribution is 4.64. The first kappa shape index (κ1) is 17.0. The van der Waals surface area contributed by atoms with Gasteiger partial charge in [-0.15, -0.1) is 0 Å². The molecule has 0 bridgehead atoms. The van der Waals surface area contributed by atoms with E-state index in [1.54, 1.807) is 0 Å². The fraction of sp³-hybridized carbons (Fsp3) is 1.00. The zero-order chi connectivity index (χ0) is 12.8. The van der Waals surface area contributed by atoms with Crippen LogP contribution in [0.25, 0.3) is 0 Å². The van der Waals surface area contributed by atoms with Gasteiger partial charge in [-0.2, -0.15) is 0 Å². The molecule has 0 aromatic heterocycles. The fourth-order valence-corrected chi connectivity index (χ4v) is 2.19. The predicted molar refractivity (Wildman–Crippen MR) is 78.6 cm³/mol. The maximum absolute atomic E-state index is 4.78. The van der Waals surface area contributed by atoms with Crippen molar-refractivity contribution >= 4 is 0 Å². The molecule has 0 aromatic rings. The van der Waals surface area contributed by atoms with Crippen LogP contribution in [0, 0.1) is 0 Å². The SMILES string of the molecule is CCCCCCCCCC(CC)[N]CCCC. The van der Waals surface area contributed by atoms with Crippen LogP contribution < -0.4 is 5.32 Å². The van der Waals surface area contributed by atoms with Crippen LogP contribution >= 0.6 is 0 Å². The van der Waals surface area contributed by atoms with Gasteiger partial charge in [0.15, 0.2) is 0 Å². The first-order valence-electron chi connectivity index (χ1n) is 8.01. The molecule has 0 amide bonds. The molecule has 17 heavy (non-hydrogen) atoms. The molecule has 0 saturated carbocycles. The van der Waals surface area contributed by atoms with Gasteiger partial charge in [-0.3, -0.25) is 0 Å². The first-order valence-corrected chi connectivity index (χ1v) is 8.01. The van der Waals surface area contributed by atoms with Crippen LogP contribution in [0.3, 0.4) is 0 Å². The molecule has 0 spiro atoms. The van der Waals surface area contributed by atoms with Gasteiger partial charge < -0.3 is 0 Å². The molecular weight excluding hydrogens is 206 g/mol. The molecular formula is C16H34N. The molecule has 1 radical (unpaired) electrons. The molecule has 1 heteroatoms.